The van der Waals surface area contributed by atoms with Gasteiger partial charge in [0.2, 0.25) is 0 Å². The van der Waals surface area contributed by atoms with E-state index in [0.717, 1.165) is 5.82 Å². The largest absolute Gasteiger partial charge is 0.297 e. The molecule has 1 N–H and O–H groups in total. The Morgan fingerprint density at radius 2 is 1.88 bits per heavy atom. The first-order valence-electron chi connectivity index (χ1n) is 5.29. The van der Waals surface area contributed by atoms with Crippen LogP contribution in [0.15, 0.2) is 24.3 Å². The average molecular weight is 233 g/mol. The summed E-state index contributed by atoms with van der Waals surface area (Å²) >= 11 is 5.22. The van der Waals surface area contributed by atoms with Gasteiger partial charge in [-0.05, 0) is 38.6 Å². The molecular formula is C12H15N3S. The molecule has 4 heteroatoms. The molecule has 1 heterocycles. The summed E-state index contributed by atoms with van der Waals surface area (Å²) in [5.41, 5.74) is 2.51. The smallest absolute Gasteiger partial charge is 0.195 e. The predicted octanol–water partition coefficient (Wildman–Crippen LogP) is 3.17. The topological polar surface area (TPSA) is 33.6 Å². The van der Waals surface area contributed by atoms with E-state index in [4.69, 9.17) is 12.2 Å². The zero-order valence-electron chi connectivity index (χ0n) is 9.69. The van der Waals surface area contributed by atoms with Crippen LogP contribution >= 0.6 is 12.2 Å². The highest BCUT2D eigenvalue weighted by atomic mass is 32.1. The van der Waals surface area contributed by atoms with Crippen molar-refractivity contribution in [3.63, 3.8) is 0 Å². The molecule has 0 radical (unpaired) electrons. The van der Waals surface area contributed by atoms with Gasteiger partial charge in [-0.2, -0.15) is 5.10 Å². The van der Waals surface area contributed by atoms with Gasteiger partial charge in [-0.1, -0.05) is 29.8 Å². The van der Waals surface area contributed by atoms with Gasteiger partial charge in [-0.15, -0.1) is 0 Å². The third kappa shape index (κ3) is 1.93. The van der Waals surface area contributed by atoms with Gasteiger partial charge in [-0.25, -0.2) is 0 Å². The highest BCUT2D eigenvalue weighted by molar-refractivity contribution is 7.71. The lowest BCUT2D eigenvalue weighted by Gasteiger charge is -2.14. The standard InChI is InChI=1S/C12H15N3S/c1-8-4-6-11(7-5-8)9(2)15-10(3)13-14-12(15)16/h4-7,9H,1-3H3,(H,14,16). The molecule has 2 rings (SSSR count). The van der Waals surface area contributed by atoms with E-state index in [0.29, 0.717) is 4.77 Å². The number of rotatable bonds is 2. The van der Waals surface area contributed by atoms with Crippen LogP contribution in [0.5, 0.6) is 0 Å². The maximum Gasteiger partial charge on any atom is 0.195 e. The van der Waals surface area contributed by atoms with Crippen molar-refractivity contribution in [2.45, 2.75) is 26.8 Å². The minimum atomic E-state index is 0.215. The molecule has 0 spiro atoms. The first-order valence-corrected chi connectivity index (χ1v) is 5.70. The summed E-state index contributed by atoms with van der Waals surface area (Å²) < 4.78 is 2.70. The van der Waals surface area contributed by atoms with Crippen LogP contribution in [0.25, 0.3) is 0 Å². The number of H-pyrrole nitrogens is 1. The molecule has 1 unspecified atom stereocenters. The van der Waals surface area contributed by atoms with E-state index in [2.05, 4.69) is 48.3 Å². The van der Waals surface area contributed by atoms with Crippen molar-refractivity contribution in [1.82, 2.24) is 14.8 Å². The number of hydrogen-bond donors (Lipinski definition) is 1. The SMILES string of the molecule is Cc1ccc(C(C)n2c(C)n[nH]c2=S)cc1. The molecule has 0 amide bonds. The van der Waals surface area contributed by atoms with E-state index >= 15 is 0 Å². The molecule has 16 heavy (non-hydrogen) atoms. The van der Waals surface area contributed by atoms with Gasteiger partial charge in [0.1, 0.15) is 5.82 Å². The minimum absolute atomic E-state index is 0.215. The van der Waals surface area contributed by atoms with Gasteiger partial charge in [0, 0.05) is 0 Å². The number of nitrogens with zero attached hydrogens (tertiary/aromatic N) is 2. The number of benzene rings is 1. The molecule has 0 fully saturated rings. The summed E-state index contributed by atoms with van der Waals surface area (Å²) in [5, 5.41) is 6.94. The fraction of sp³-hybridized carbons (Fsp3) is 0.333. The second kappa shape index (κ2) is 4.22. The molecule has 1 aromatic heterocycles. The number of nitrogens with one attached hydrogen (secondary N) is 1. The van der Waals surface area contributed by atoms with E-state index < -0.39 is 0 Å². The van der Waals surface area contributed by atoms with Gasteiger partial charge in [0.25, 0.3) is 0 Å². The number of aryl methyl sites for hydroxylation is 2. The van der Waals surface area contributed by atoms with Gasteiger partial charge >= 0.3 is 0 Å². The van der Waals surface area contributed by atoms with Crippen LogP contribution in [-0.2, 0) is 0 Å². The molecule has 1 atom stereocenters. The van der Waals surface area contributed by atoms with Crippen molar-refractivity contribution < 1.29 is 0 Å². The Morgan fingerprint density at radius 1 is 1.25 bits per heavy atom. The van der Waals surface area contributed by atoms with Gasteiger partial charge in [-0.3, -0.25) is 9.67 Å². The summed E-state index contributed by atoms with van der Waals surface area (Å²) in [7, 11) is 0. The van der Waals surface area contributed by atoms with Crippen LogP contribution in [0.4, 0.5) is 0 Å². The lowest BCUT2D eigenvalue weighted by atomic mass is 10.1. The van der Waals surface area contributed by atoms with E-state index in [9.17, 15) is 0 Å². The number of hydrogen-bond acceptors (Lipinski definition) is 2. The van der Waals surface area contributed by atoms with E-state index in [1.807, 2.05) is 11.5 Å². The molecule has 0 aliphatic carbocycles. The molecule has 0 aliphatic heterocycles. The van der Waals surface area contributed by atoms with Crippen LogP contribution in [0.3, 0.4) is 0 Å². The van der Waals surface area contributed by atoms with Crippen molar-refractivity contribution >= 4 is 12.2 Å². The van der Waals surface area contributed by atoms with Crippen LogP contribution in [0.1, 0.15) is 29.9 Å². The molecule has 0 bridgehead atoms. The average Bonchev–Trinajstić information content (AvgIpc) is 2.59. The highest BCUT2D eigenvalue weighted by Gasteiger charge is 2.11. The van der Waals surface area contributed by atoms with Crippen LogP contribution in [0, 0.1) is 18.6 Å². The lowest BCUT2D eigenvalue weighted by Crippen LogP contribution is -2.08. The molecule has 1 aromatic carbocycles. The van der Waals surface area contributed by atoms with Gasteiger partial charge < -0.3 is 0 Å². The number of aromatic amines is 1. The second-order valence-corrected chi connectivity index (χ2v) is 4.42. The molecule has 2 aromatic rings. The lowest BCUT2D eigenvalue weighted by molar-refractivity contribution is 0.610. The van der Waals surface area contributed by atoms with E-state index in [1.165, 1.54) is 11.1 Å². The summed E-state index contributed by atoms with van der Waals surface area (Å²) in [5.74, 6) is 0.915. The normalized spacial score (nSPS) is 12.7. The minimum Gasteiger partial charge on any atom is -0.297 e. The summed E-state index contributed by atoms with van der Waals surface area (Å²) in [4.78, 5) is 0. The Labute approximate surface area is 100 Å². The van der Waals surface area contributed by atoms with E-state index in [-0.39, 0.29) is 6.04 Å². The highest BCUT2D eigenvalue weighted by Crippen LogP contribution is 2.19. The zero-order valence-corrected chi connectivity index (χ0v) is 10.5. The number of aromatic nitrogens is 3. The van der Waals surface area contributed by atoms with Crippen molar-refractivity contribution in [2.75, 3.05) is 0 Å². The zero-order chi connectivity index (χ0) is 11.7. The molecular weight excluding hydrogens is 218 g/mol. The Bertz CT molecular complexity index is 536. The predicted molar refractivity (Wildman–Crippen MR) is 67.1 cm³/mol. The van der Waals surface area contributed by atoms with E-state index in [1.54, 1.807) is 0 Å². The summed E-state index contributed by atoms with van der Waals surface area (Å²) in [6, 6.07) is 8.71. The van der Waals surface area contributed by atoms with Crippen LogP contribution < -0.4 is 0 Å². The maximum atomic E-state index is 5.22. The van der Waals surface area contributed by atoms with Crippen molar-refractivity contribution in [3.8, 4) is 0 Å². The van der Waals surface area contributed by atoms with Crippen molar-refractivity contribution in [1.29, 1.82) is 0 Å². The Balaban J connectivity index is 2.43. The second-order valence-electron chi connectivity index (χ2n) is 4.03. The third-order valence-electron chi connectivity index (χ3n) is 2.83. The van der Waals surface area contributed by atoms with Gasteiger partial charge in [0.15, 0.2) is 4.77 Å². The molecule has 0 saturated heterocycles. The first-order chi connectivity index (χ1) is 7.59. The quantitative estimate of drug-likeness (QED) is 0.808. The molecule has 3 nitrogen and oxygen atoms in total. The Hall–Kier alpha value is -1.42. The van der Waals surface area contributed by atoms with Gasteiger partial charge in [0.05, 0.1) is 6.04 Å². The fourth-order valence-corrected chi connectivity index (χ4v) is 2.17. The summed E-state index contributed by atoms with van der Waals surface area (Å²) in [6.07, 6.45) is 0. The maximum absolute atomic E-state index is 5.22. The first kappa shape index (κ1) is 11.1. The van der Waals surface area contributed by atoms with Crippen LogP contribution in [0.2, 0.25) is 0 Å². The third-order valence-corrected chi connectivity index (χ3v) is 3.12. The molecule has 84 valence electrons. The molecule has 0 aliphatic rings. The fourth-order valence-electron chi connectivity index (χ4n) is 1.83. The van der Waals surface area contributed by atoms with Crippen molar-refractivity contribution in [3.05, 3.63) is 46.0 Å². The molecule has 0 saturated carbocycles. The van der Waals surface area contributed by atoms with Crippen molar-refractivity contribution in [2.24, 2.45) is 0 Å². The monoisotopic (exact) mass is 233 g/mol. The Kier molecular flexibility index (Phi) is 2.92. The summed E-state index contributed by atoms with van der Waals surface area (Å²) in [6.45, 7) is 6.17. The Morgan fingerprint density at radius 3 is 2.38 bits per heavy atom. The van der Waals surface area contributed by atoms with Crippen LogP contribution in [-0.4, -0.2) is 14.8 Å².